The van der Waals surface area contributed by atoms with E-state index in [1.54, 1.807) is 29.7 Å². The number of hydrogen-bond acceptors (Lipinski definition) is 6. The second-order valence-electron chi connectivity index (χ2n) is 4.68. The molecule has 0 radical (unpaired) electrons. The standard InChI is InChI=1S/C15H13ClN4OS2/c1-9-13(14(21)18-8-11-3-2-6-22-11)23-15(19-9)20-12-5-4-10(16)7-17-12/h2-7H,8H2,1H3,(H,18,21)(H,17,19,20). The molecule has 23 heavy (non-hydrogen) atoms. The lowest BCUT2D eigenvalue weighted by Gasteiger charge is -2.01. The molecule has 0 unspecified atom stereocenters. The molecule has 8 heteroatoms. The van der Waals surface area contributed by atoms with Crippen molar-refractivity contribution in [3.8, 4) is 0 Å². The van der Waals surface area contributed by atoms with Gasteiger partial charge in [-0.1, -0.05) is 29.0 Å². The predicted octanol–water partition coefficient (Wildman–Crippen LogP) is 4.24. The lowest BCUT2D eigenvalue weighted by atomic mass is 10.3. The van der Waals surface area contributed by atoms with Crippen molar-refractivity contribution in [2.45, 2.75) is 13.5 Å². The highest BCUT2D eigenvalue weighted by molar-refractivity contribution is 7.17. The van der Waals surface area contributed by atoms with E-state index in [1.807, 2.05) is 24.4 Å². The van der Waals surface area contributed by atoms with Gasteiger partial charge in [0.2, 0.25) is 0 Å². The van der Waals surface area contributed by atoms with Crippen molar-refractivity contribution in [2.24, 2.45) is 0 Å². The lowest BCUT2D eigenvalue weighted by Crippen LogP contribution is -2.22. The molecule has 0 atom stereocenters. The molecular weight excluding hydrogens is 352 g/mol. The van der Waals surface area contributed by atoms with Gasteiger partial charge in [-0.15, -0.1) is 11.3 Å². The summed E-state index contributed by atoms with van der Waals surface area (Å²) >= 11 is 8.72. The van der Waals surface area contributed by atoms with Gasteiger partial charge in [-0.2, -0.15) is 0 Å². The topological polar surface area (TPSA) is 66.9 Å². The fourth-order valence-corrected chi connectivity index (χ4v) is 3.53. The number of aryl methyl sites for hydroxylation is 1. The van der Waals surface area contributed by atoms with Gasteiger partial charge in [-0.05, 0) is 30.5 Å². The molecule has 5 nitrogen and oxygen atoms in total. The van der Waals surface area contributed by atoms with Crippen LogP contribution in [0.4, 0.5) is 10.9 Å². The third-order valence-corrected chi connectivity index (χ3v) is 5.14. The largest absolute Gasteiger partial charge is 0.346 e. The maximum atomic E-state index is 12.3. The van der Waals surface area contributed by atoms with E-state index in [4.69, 9.17) is 11.6 Å². The molecule has 0 bridgehead atoms. The number of halogens is 1. The van der Waals surface area contributed by atoms with Crippen molar-refractivity contribution < 1.29 is 4.79 Å². The van der Waals surface area contributed by atoms with Crippen molar-refractivity contribution >= 4 is 51.1 Å². The minimum absolute atomic E-state index is 0.120. The molecule has 118 valence electrons. The van der Waals surface area contributed by atoms with Gasteiger partial charge in [0.1, 0.15) is 10.7 Å². The highest BCUT2D eigenvalue weighted by atomic mass is 35.5. The summed E-state index contributed by atoms with van der Waals surface area (Å²) < 4.78 is 0. The number of thiophene rings is 1. The maximum Gasteiger partial charge on any atom is 0.263 e. The van der Waals surface area contributed by atoms with E-state index in [2.05, 4.69) is 20.6 Å². The number of pyridine rings is 1. The zero-order valence-corrected chi connectivity index (χ0v) is 14.6. The fourth-order valence-electron chi connectivity index (χ4n) is 1.88. The average Bonchev–Trinajstić information content (AvgIpc) is 3.17. The number of nitrogens with one attached hydrogen (secondary N) is 2. The van der Waals surface area contributed by atoms with E-state index < -0.39 is 0 Å². The third-order valence-electron chi connectivity index (χ3n) is 2.97. The Balaban J connectivity index is 1.67. The van der Waals surface area contributed by atoms with E-state index in [0.717, 1.165) is 4.88 Å². The summed E-state index contributed by atoms with van der Waals surface area (Å²) in [7, 11) is 0. The van der Waals surface area contributed by atoms with Gasteiger partial charge in [0.25, 0.3) is 5.91 Å². The number of carbonyl (C=O) groups excluding carboxylic acids is 1. The number of carbonyl (C=O) groups is 1. The molecule has 3 rings (SSSR count). The van der Waals surface area contributed by atoms with Crippen LogP contribution in [0.15, 0.2) is 35.8 Å². The van der Waals surface area contributed by atoms with Crippen LogP contribution < -0.4 is 10.6 Å². The molecule has 0 spiro atoms. The molecule has 2 N–H and O–H groups in total. The number of aromatic nitrogens is 2. The second-order valence-corrected chi connectivity index (χ2v) is 7.15. The molecule has 0 aliphatic heterocycles. The zero-order chi connectivity index (χ0) is 16.2. The highest BCUT2D eigenvalue weighted by Crippen LogP contribution is 2.25. The van der Waals surface area contributed by atoms with Gasteiger partial charge in [0.15, 0.2) is 5.13 Å². The van der Waals surface area contributed by atoms with Gasteiger partial charge in [0, 0.05) is 11.1 Å². The quantitative estimate of drug-likeness (QED) is 0.710. The van der Waals surface area contributed by atoms with Gasteiger partial charge < -0.3 is 10.6 Å². The smallest absolute Gasteiger partial charge is 0.263 e. The molecular formula is C15H13ClN4OS2. The summed E-state index contributed by atoms with van der Waals surface area (Å²) in [6.07, 6.45) is 1.55. The van der Waals surface area contributed by atoms with E-state index in [0.29, 0.717) is 33.1 Å². The van der Waals surface area contributed by atoms with Crippen molar-refractivity contribution in [3.63, 3.8) is 0 Å². The summed E-state index contributed by atoms with van der Waals surface area (Å²) in [4.78, 5) is 22.5. The summed E-state index contributed by atoms with van der Waals surface area (Å²) in [6.45, 7) is 2.34. The van der Waals surface area contributed by atoms with Crippen LogP contribution in [0.5, 0.6) is 0 Å². The summed E-state index contributed by atoms with van der Waals surface area (Å²) in [6, 6.07) is 7.45. The first-order valence-electron chi connectivity index (χ1n) is 6.78. The Morgan fingerprint density at radius 3 is 2.91 bits per heavy atom. The van der Waals surface area contributed by atoms with Gasteiger partial charge in [-0.25, -0.2) is 9.97 Å². The van der Waals surface area contributed by atoms with Gasteiger partial charge in [-0.3, -0.25) is 4.79 Å². The Morgan fingerprint density at radius 2 is 2.22 bits per heavy atom. The molecule has 3 aromatic rings. The van der Waals surface area contributed by atoms with Crippen molar-refractivity contribution in [2.75, 3.05) is 5.32 Å². The molecule has 0 aliphatic rings. The van der Waals surface area contributed by atoms with Crippen molar-refractivity contribution in [3.05, 3.63) is 56.3 Å². The van der Waals surface area contributed by atoms with Crippen LogP contribution in [0.25, 0.3) is 0 Å². The SMILES string of the molecule is Cc1nc(Nc2ccc(Cl)cn2)sc1C(=O)NCc1cccs1. The Hall–Kier alpha value is -1.96. The monoisotopic (exact) mass is 364 g/mol. The second kappa shape index (κ2) is 7.08. The number of rotatable bonds is 5. The number of amides is 1. The fraction of sp³-hybridized carbons (Fsp3) is 0.133. The van der Waals surface area contributed by atoms with Crippen LogP contribution >= 0.6 is 34.3 Å². The molecule has 0 fully saturated rings. The molecule has 3 heterocycles. The van der Waals surface area contributed by atoms with Crippen LogP contribution in [0, 0.1) is 6.92 Å². The molecule has 0 saturated carbocycles. The number of anilines is 2. The first kappa shape index (κ1) is 15.9. The van der Waals surface area contributed by atoms with Crippen LogP contribution in [-0.4, -0.2) is 15.9 Å². The van der Waals surface area contributed by atoms with Crippen molar-refractivity contribution in [1.29, 1.82) is 0 Å². The summed E-state index contributed by atoms with van der Waals surface area (Å²) in [5, 5.41) is 9.16. The van der Waals surface area contributed by atoms with E-state index in [1.165, 1.54) is 11.3 Å². The Bertz CT molecular complexity index is 800. The molecule has 1 amide bonds. The highest BCUT2D eigenvalue weighted by Gasteiger charge is 2.15. The number of thiazole rings is 1. The lowest BCUT2D eigenvalue weighted by molar-refractivity contribution is 0.0954. The van der Waals surface area contributed by atoms with E-state index >= 15 is 0 Å². The zero-order valence-electron chi connectivity index (χ0n) is 12.2. The maximum absolute atomic E-state index is 12.3. The van der Waals surface area contributed by atoms with Crippen LogP contribution in [0.2, 0.25) is 5.02 Å². The van der Waals surface area contributed by atoms with E-state index in [-0.39, 0.29) is 5.91 Å². The van der Waals surface area contributed by atoms with Crippen LogP contribution in [0.1, 0.15) is 20.2 Å². The van der Waals surface area contributed by atoms with Gasteiger partial charge >= 0.3 is 0 Å². The van der Waals surface area contributed by atoms with Crippen LogP contribution in [-0.2, 0) is 6.54 Å². The minimum atomic E-state index is -0.120. The molecule has 0 saturated heterocycles. The summed E-state index contributed by atoms with van der Waals surface area (Å²) in [5.74, 6) is 0.513. The van der Waals surface area contributed by atoms with Crippen LogP contribution in [0.3, 0.4) is 0 Å². The molecule has 0 aliphatic carbocycles. The first-order chi connectivity index (χ1) is 11.1. The normalized spacial score (nSPS) is 10.5. The first-order valence-corrected chi connectivity index (χ1v) is 8.86. The Labute approximate surface area is 146 Å². The Morgan fingerprint density at radius 1 is 1.35 bits per heavy atom. The predicted molar refractivity (Wildman–Crippen MR) is 94.9 cm³/mol. The van der Waals surface area contributed by atoms with Gasteiger partial charge in [0.05, 0.1) is 17.3 Å². The van der Waals surface area contributed by atoms with E-state index in [9.17, 15) is 4.79 Å². The molecule has 0 aromatic carbocycles. The van der Waals surface area contributed by atoms with Crippen molar-refractivity contribution in [1.82, 2.24) is 15.3 Å². The average molecular weight is 365 g/mol. The Kier molecular flexibility index (Phi) is 4.90. The third kappa shape index (κ3) is 4.07. The number of nitrogens with zero attached hydrogens (tertiary/aromatic N) is 2. The molecule has 3 aromatic heterocycles. The number of hydrogen-bond donors (Lipinski definition) is 2. The minimum Gasteiger partial charge on any atom is -0.346 e. The summed E-state index contributed by atoms with van der Waals surface area (Å²) in [5.41, 5.74) is 0.690.